The molecule has 2 aliphatic rings. The molecule has 3 unspecified atom stereocenters. The number of likely N-dealkylation sites (N-methyl/N-ethyl adjacent to an activating group) is 1. The molecule has 4 heteroatoms. The van der Waals surface area contributed by atoms with Crippen LogP contribution in [0.5, 0.6) is 0 Å². The molecule has 2 aliphatic heterocycles. The van der Waals surface area contributed by atoms with Gasteiger partial charge in [-0.05, 0) is 39.8 Å². The standard InChI is InChI=1S/C15H31N3O/c1-4-7-16-10-14-5-6-15(19-14)12-18-9-8-17(3)11-13(18)2/h13-16H,4-12H2,1-3H3. The van der Waals surface area contributed by atoms with Crippen LogP contribution in [-0.2, 0) is 4.74 Å². The van der Waals surface area contributed by atoms with Crippen molar-refractivity contribution in [1.29, 1.82) is 0 Å². The molecule has 2 rings (SSSR count). The van der Waals surface area contributed by atoms with Gasteiger partial charge in [0, 0.05) is 38.8 Å². The molecular weight excluding hydrogens is 238 g/mol. The molecule has 0 saturated carbocycles. The number of hydrogen-bond acceptors (Lipinski definition) is 4. The minimum absolute atomic E-state index is 0.444. The normalized spacial score (nSPS) is 33.9. The second-order valence-electron chi connectivity index (χ2n) is 6.27. The molecule has 4 nitrogen and oxygen atoms in total. The quantitative estimate of drug-likeness (QED) is 0.733. The number of nitrogens with zero attached hydrogens (tertiary/aromatic N) is 2. The summed E-state index contributed by atoms with van der Waals surface area (Å²) in [5, 5.41) is 3.47. The monoisotopic (exact) mass is 269 g/mol. The Balaban J connectivity index is 1.67. The minimum atomic E-state index is 0.444. The average Bonchev–Trinajstić information content (AvgIpc) is 2.81. The summed E-state index contributed by atoms with van der Waals surface area (Å²) in [6, 6.07) is 0.666. The Labute approximate surface area is 118 Å². The predicted molar refractivity (Wildman–Crippen MR) is 79.6 cm³/mol. The van der Waals surface area contributed by atoms with E-state index in [1.165, 1.54) is 38.9 Å². The third-order valence-electron chi connectivity index (χ3n) is 4.40. The Morgan fingerprint density at radius 2 is 2.00 bits per heavy atom. The van der Waals surface area contributed by atoms with Crippen LogP contribution in [0.4, 0.5) is 0 Å². The fraction of sp³-hybridized carbons (Fsp3) is 1.00. The fourth-order valence-electron chi connectivity index (χ4n) is 3.21. The Morgan fingerprint density at radius 1 is 1.21 bits per heavy atom. The summed E-state index contributed by atoms with van der Waals surface area (Å²) in [6.45, 7) is 11.4. The van der Waals surface area contributed by atoms with E-state index in [1.807, 2.05) is 0 Å². The van der Waals surface area contributed by atoms with E-state index < -0.39 is 0 Å². The fourth-order valence-corrected chi connectivity index (χ4v) is 3.21. The van der Waals surface area contributed by atoms with Gasteiger partial charge in [-0.15, -0.1) is 0 Å². The molecule has 19 heavy (non-hydrogen) atoms. The maximum absolute atomic E-state index is 6.17. The number of piperazine rings is 1. The first-order valence-electron chi connectivity index (χ1n) is 7.97. The van der Waals surface area contributed by atoms with E-state index >= 15 is 0 Å². The summed E-state index contributed by atoms with van der Waals surface area (Å²) in [5.41, 5.74) is 0. The van der Waals surface area contributed by atoms with Crippen molar-refractivity contribution >= 4 is 0 Å². The Morgan fingerprint density at radius 3 is 2.74 bits per heavy atom. The molecule has 3 atom stereocenters. The molecule has 0 amide bonds. The van der Waals surface area contributed by atoms with E-state index in [4.69, 9.17) is 4.74 Å². The highest BCUT2D eigenvalue weighted by Gasteiger charge is 2.29. The van der Waals surface area contributed by atoms with Crippen molar-refractivity contribution in [2.75, 3.05) is 46.3 Å². The first-order chi connectivity index (χ1) is 9.19. The van der Waals surface area contributed by atoms with Crippen molar-refractivity contribution in [3.8, 4) is 0 Å². The zero-order valence-electron chi connectivity index (χ0n) is 12.9. The van der Waals surface area contributed by atoms with Gasteiger partial charge in [0.05, 0.1) is 12.2 Å². The van der Waals surface area contributed by atoms with Gasteiger partial charge >= 0.3 is 0 Å². The van der Waals surface area contributed by atoms with Gasteiger partial charge in [-0.1, -0.05) is 6.92 Å². The lowest BCUT2D eigenvalue weighted by atomic mass is 10.1. The second kappa shape index (κ2) is 7.58. The molecule has 2 fully saturated rings. The highest BCUT2D eigenvalue weighted by Crippen LogP contribution is 2.21. The van der Waals surface area contributed by atoms with Crippen molar-refractivity contribution in [3.63, 3.8) is 0 Å². The third kappa shape index (κ3) is 4.71. The lowest BCUT2D eigenvalue weighted by Gasteiger charge is -2.39. The summed E-state index contributed by atoms with van der Waals surface area (Å²) in [7, 11) is 2.22. The number of ether oxygens (including phenoxy) is 1. The molecule has 1 N–H and O–H groups in total. The minimum Gasteiger partial charge on any atom is -0.372 e. The van der Waals surface area contributed by atoms with Gasteiger partial charge in [0.25, 0.3) is 0 Å². The molecule has 0 aliphatic carbocycles. The first-order valence-corrected chi connectivity index (χ1v) is 7.97. The van der Waals surface area contributed by atoms with Crippen LogP contribution in [0.25, 0.3) is 0 Å². The van der Waals surface area contributed by atoms with Crippen LogP contribution in [0.2, 0.25) is 0 Å². The molecule has 2 heterocycles. The molecule has 0 spiro atoms. The molecule has 112 valence electrons. The van der Waals surface area contributed by atoms with E-state index in [0.717, 1.165) is 19.6 Å². The van der Waals surface area contributed by atoms with E-state index in [-0.39, 0.29) is 0 Å². The Hall–Kier alpha value is -0.160. The maximum Gasteiger partial charge on any atom is 0.0707 e. The van der Waals surface area contributed by atoms with Crippen molar-refractivity contribution < 1.29 is 4.74 Å². The van der Waals surface area contributed by atoms with Crippen LogP contribution >= 0.6 is 0 Å². The Kier molecular flexibility index (Phi) is 6.07. The third-order valence-corrected chi connectivity index (χ3v) is 4.40. The van der Waals surface area contributed by atoms with Crippen molar-refractivity contribution in [2.24, 2.45) is 0 Å². The molecule has 0 aromatic heterocycles. The molecule has 0 aromatic rings. The molecule has 0 bridgehead atoms. The SMILES string of the molecule is CCCNCC1CCC(CN2CCN(C)CC2C)O1. The number of nitrogens with one attached hydrogen (secondary N) is 1. The second-order valence-corrected chi connectivity index (χ2v) is 6.27. The van der Waals surface area contributed by atoms with Crippen LogP contribution in [0.15, 0.2) is 0 Å². The van der Waals surface area contributed by atoms with Crippen LogP contribution in [0, 0.1) is 0 Å². The first kappa shape index (κ1) is 15.2. The van der Waals surface area contributed by atoms with Gasteiger partial charge in [-0.25, -0.2) is 0 Å². The van der Waals surface area contributed by atoms with Crippen molar-refractivity contribution in [3.05, 3.63) is 0 Å². The predicted octanol–water partition coefficient (Wildman–Crippen LogP) is 1.17. The van der Waals surface area contributed by atoms with Gasteiger partial charge in [0.2, 0.25) is 0 Å². The summed E-state index contributed by atoms with van der Waals surface area (Å²) < 4.78 is 6.17. The van der Waals surface area contributed by atoms with Crippen molar-refractivity contribution in [2.45, 2.75) is 51.4 Å². The van der Waals surface area contributed by atoms with E-state index in [2.05, 4.69) is 36.0 Å². The van der Waals surface area contributed by atoms with E-state index in [1.54, 1.807) is 0 Å². The molecule has 2 saturated heterocycles. The number of hydrogen-bond donors (Lipinski definition) is 1. The van der Waals surface area contributed by atoms with E-state index in [9.17, 15) is 0 Å². The average molecular weight is 269 g/mol. The lowest BCUT2D eigenvalue weighted by molar-refractivity contribution is 0.00110. The summed E-state index contributed by atoms with van der Waals surface area (Å²) >= 11 is 0. The highest BCUT2D eigenvalue weighted by molar-refractivity contribution is 4.83. The zero-order chi connectivity index (χ0) is 13.7. The van der Waals surface area contributed by atoms with Gasteiger partial charge in [-0.3, -0.25) is 4.90 Å². The van der Waals surface area contributed by atoms with Crippen LogP contribution in [-0.4, -0.2) is 74.4 Å². The smallest absolute Gasteiger partial charge is 0.0707 e. The molecular formula is C15H31N3O. The van der Waals surface area contributed by atoms with Gasteiger partial charge in [-0.2, -0.15) is 0 Å². The Bertz CT molecular complexity index is 262. The topological polar surface area (TPSA) is 27.7 Å². The van der Waals surface area contributed by atoms with Gasteiger partial charge in [0.1, 0.15) is 0 Å². The van der Waals surface area contributed by atoms with Crippen molar-refractivity contribution in [1.82, 2.24) is 15.1 Å². The van der Waals surface area contributed by atoms with E-state index in [0.29, 0.717) is 18.2 Å². The van der Waals surface area contributed by atoms with Gasteiger partial charge < -0.3 is 15.0 Å². The maximum atomic E-state index is 6.17. The highest BCUT2D eigenvalue weighted by atomic mass is 16.5. The molecule has 0 radical (unpaired) electrons. The summed E-state index contributed by atoms with van der Waals surface area (Å²) in [5.74, 6) is 0. The van der Waals surface area contributed by atoms with Gasteiger partial charge in [0.15, 0.2) is 0 Å². The van der Waals surface area contributed by atoms with Crippen LogP contribution in [0.1, 0.15) is 33.1 Å². The lowest BCUT2D eigenvalue weighted by Crippen LogP contribution is -2.52. The zero-order valence-corrected chi connectivity index (χ0v) is 12.9. The van der Waals surface area contributed by atoms with Crippen LogP contribution < -0.4 is 5.32 Å². The van der Waals surface area contributed by atoms with Crippen LogP contribution in [0.3, 0.4) is 0 Å². The number of rotatable bonds is 6. The largest absolute Gasteiger partial charge is 0.372 e. The molecule has 0 aromatic carbocycles. The summed E-state index contributed by atoms with van der Waals surface area (Å²) in [4.78, 5) is 5.03. The summed E-state index contributed by atoms with van der Waals surface area (Å²) in [6.07, 6.45) is 4.56.